The molecule has 1 aromatic carbocycles. The molecule has 8 heteroatoms. The maximum absolute atomic E-state index is 12.2. The normalized spacial score (nSPS) is 13.3. The molecule has 21 heavy (non-hydrogen) atoms. The van der Waals surface area contributed by atoms with Crippen LogP contribution in [0.5, 0.6) is 0 Å². The molecule has 1 unspecified atom stereocenters. The first-order valence-electron chi connectivity index (χ1n) is 6.79. The number of non-ortho nitro benzene ring substituents is 1. The van der Waals surface area contributed by atoms with Crippen molar-refractivity contribution in [2.75, 3.05) is 19.6 Å². The molecule has 118 valence electrons. The first kappa shape index (κ1) is 17.5. The summed E-state index contributed by atoms with van der Waals surface area (Å²) in [5, 5.41) is 10.6. The number of nitro benzene ring substituents is 1. The van der Waals surface area contributed by atoms with Crippen LogP contribution in [0.4, 0.5) is 5.69 Å². The Labute approximate surface area is 125 Å². The second-order valence-corrected chi connectivity index (χ2v) is 6.47. The molecule has 1 N–H and O–H groups in total. The SMILES string of the molecule is CCN(CC)CC(C)NS(=O)(=O)c1ccc([N+](=O)[O-])cc1. The number of nitrogens with zero attached hydrogens (tertiary/aromatic N) is 2. The van der Waals surface area contributed by atoms with Gasteiger partial charge in [0.2, 0.25) is 10.0 Å². The molecule has 0 saturated carbocycles. The lowest BCUT2D eigenvalue weighted by molar-refractivity contribution is -0.384. The Morgan fingerprint density at radius 1 is 1.24 bits per heavy atom. The highest BCUT2D eigenvalue weighted by Gasteiger charge is 2.19. The molecule has 0 aromatic heterocycles. The topological polar surface area (TPSA) is 92.6 Å². The van der Waals surface area contributed by atoms with Crippen molar-refractivity contribution in [1.82, 2.24) is 9.62 Å². The minimum atomic E-state index is -3.66. The monoisotopic (exact) mass is 315 g/mol. The molecule has 0 aliphatic rings. The molecule has 1 rings (SSSR count). The zero-order valence-electron chi connectivity index (χ0n) is 12.4. The summed E-state index contributed by atoms with van der Waals surface area (Å²) in [6, 6.07) is 4.60. The molecular weight excluding hydrogens is 294 g/mol. The summed E-state index contributed by atoms with van der Waals surface area (Å²) in [6.45, 7) is 8.13. The highest BCUT2D eigenvalue weighted by Crippen LogP contribution is 2.16. The number of rotatable bonds is 8. The van der Waals surface area contributed by atoms with Crippen LogP contribution < -0.4 is 4.72 Å². The summed E-state index contributed by atoms with van der Waals surface area (Å²) in [7, 11) is -3.66. The molecule has 0 aliphatic carbocycles. The van der Waals surface area contributed by atoms with Crippen molar-refractivity contribution in [3.63, 3.8) is 0 Å². The second-order valence-electron chi connectivity index (χ2n) is 4.76. The van der Waals surface area contributed by atoms with Gasteiger partial charge in [-0.3, -0.25) is 10.1 Å². The molecule has 0 spiro atoms. The average molecular weight is 315 g/mol. The van der Waals surface area contributed by atoms with Gasteiger partial charge in [-0.2, -0.15) is 0 Å². The standard InChI is InChI=1S/C13H21N3O4S/c1-4-15(5-2)10-11(3)14-21(19,20)13-8-6-12(7-9-13)16(17)18/h6-9,11,14H,4-5,10H2,1-3H3. The predicted octanol–water partition coefficient (Wildman–Crippen LogP) is 1.60. The third-order valence-electron chi connectivity index (χ3n) is 3.14. The van der Waals surface area contributed by atoms with E-state index in [0.29, 0.717) is 6.54 Å². The summed E-state index contributed by atoms with van der Waals surface area (Å²) < 4.78 is 26.9. The quantitative estimate of drug-likeness (QED) is 0.581. The van der Waals surface area contributed by atoms with Gasteiger partial charge in [-0.25, -0.2) is 13.1 Å². The molecule has 0 amide bonds. The van der Waals surface area contributed by atoms with Crippen molar-refractivity contribution < 1.29 is 13.3 Å². The molecule has 0 saturated heterocycles. The smallest absolute Gasteiger partial charge is 0.269 e. The first-order valence-corrected chi connectivity index (χ1v) is 8.27. The van der Waals surface area contributed by atoms with Crippen LogP contribution in [-0.2, 0) is 10.0 Å². The van der Waals surface area contributed by atoms with Gasteiger partial charge in [0.05, 0.1) is 9.82 Å². The number of hydrogen-bond donors (Lipinski definition) is 1. The lowest BCUT2D eigenvalue weighted by Gasteiger charge is -2.23. The van der Waals surface area contributed by atoms with Gasteiger partial charge < -0.3 is 4.90 Å². The summed E-state index contributed by atoms with van der Waals surface area (Å²) >= 11 is 0. The van der Waals surface area contributed by atoms with E-state index in [9.17, 15) is 18.5 Å². The highest BCUT2D eigenvalue weighted by atomic mass is 32.2. The van der Waals surface area contributed by atoms with Crippen LogP contribution in [0, 0.1) is 10.1 Å². The van der Waals surface area contributed by atoms with E-state index in [0.717, 1.165) is 13.1 Å². The maximum Gasteiger partial charge on any atom is 0.269 e. The van der Waals surface area contributed by atoms with Crippen LogP contribution in [-0.4, -0.2) is 43.9 Å². The van der Waals surface area contributed by atoms with Gasteiger partial charge in [0.15, 0.2) is 0 Å². The number of benzene rings is 1. The van der Waals surface area contributed by atoms with E-state index in [4.69, 9.17) is 0 Å². The van der Waals surface area contributed by atoms with E-state index in [2.05, 4.69) is 9.62 Å². The van der Waals surface area contributed by atoms with E-state index in [1.165, 1.54) is 24.3 Å². The minimum absolute atomic E-state index is 0.0273. The molecule has 7 nitrogen and oxygen atoms in total. The van der Waals surface area contributed by atoms with Crippen LogP contribution in [0.3, 0.4) is 0 Å². The summed E-state index contributed by atoms with van der Waals surface area (Å²) in [5.74, 6) is 0. The Hall–Kier alpha value is -1.51. The third kappa shape index (κ3) is 5.07. The van der Waals surface area contributed by atoms with Crippen LogP contribution in [0.25, 0.3) is 0 Å². The average Bonchev–Trinajstić information content (AvgIpc) is 2.44. The van der Waals surface area contributed by atoms with Crippen molar-refractivity contribution in [1.29, 1.82) is 0 Å². The second kappa shape index (κ2) is 7.48. The summed E-state index contributed by atoms with van der Waals surface area (Å²) in [6.07, 6.45) is 0. The number of sulfonamides is 1. The van der Waals surface area contributed by atoms with E-state index < -0.39 is 14.9 Å². The fourth-order valence-corrected chi connectivity index (χ4v) is 3.22. The van der Waals surface area contributed by atoms with Crippen LogP contribution in [0.15, 0.2) is 29.2 Å². The molecular formula is C13H21N3O4S. The number of likely N-dealkylation sites (N-methyl/N-ethyl adjacent to an activating group) is 1. The molecule has 0 bridgehead atoms. The predicted molar refractivity (Wildman–Crippen MR) is 80.7 cm³/mol. The van der Waals surface area contributed by atoms with Gasteiger partial charge in [0.1, 0.15) is 0 Å². The molecule has 0 heterocycles. The van der Waals surface area contributed by atoms with E-state index >= 15 is 0 Å². The van der Waals surface area contributed by atoms with Gasteiger partial charge in [0.25, 0.3) is 5.69 Å². The van der Waals surface area contributed by atoms with Gasteiger partial charge in [0, 0.05) is 24.7 Å². The molecule has 0 fully saturated rings. The van der Waals surface area contributed by atoms with Gasteiger partial charge in [-0.05, 0) is 32.1 Å². The summed E-state index contributed by atoms with van der Waals surface area (Å²) in [5.41, 5.74) is -0.134. The van der Waals surface area contributed by atoms with Gasteiger partial charge >= 0.3 is 0 Å². The first-order chi connectivity index (χ1) is 9.80. The van der Waals surface area contributed by atoms with E-state index in [1.807, 2.05) is 13.8 Å². The Kier molecular flexibility index (Phi) is 6.25. The maximum atomic E-state index is 12.2. The number of hydrogen-bond acceptors (Lipinski definition) is 5. The molecule has 1 aromatic rings. The molecule has 0 radical (unpaired) electrons. The third-order valence-corrected chi connectivity index (χ3v) is 4.75. The van der Waals surface area contributed by atoms with Gasteiger partial charge in [-0.15, -0.1) is 0 Å². The Morgan fingerprint density at radius 3 is 2.19 bits per heavy atom. The van der Waals surface area contributed by atoms with Crippen LogP contribution >= 0.6 is 0 Å². The largest absolute Gasteiger partial charge is 0.302 e. The zero-order valence-corrected chi connectivity index (χ0v) is 13.3. The molecule has 0 aliphatic heterocycles. The van der Waals surface area contributed by atoms with Crippen LogP contribution in [0.2, 0.25) is 0 Å². The molecule has 1 atom stereocenters. The fourth-order valence-electron chi connectivity index (χ4n) is 1.99. The summed E-state index contributed by atoms with van der Waals surface area (Å²) in [4.78, 5) is 12.1. The van der Waals surface area contributed by atoms with Gasteiger partial charge in [-0.1, -0.05) is 13.8 Å². The Bertz CT molecular complexity index is 568. The number of nitrogens with one attached hydrogen (secondary N) is 1. The van der Waals surface area contributed by atoms with Crippen LogP contribution in [0.1, 0.15) is 20.8 Å². The Balaban J connectivity index is 2.79. The Morgan fingerprint density at radius 2 is 1.76 bits per heavy atom. The van der Waals surface area contributed by atoms with Crippen molar-refractivity contribution >= 4 is 15.7 Å². The van der Waals surface area contributed by atoms with E-state index in [1.54, 1.807) is 6.92 Å². The van der Waals surface area contributed by atoms with Crippen molar-refractivity contribution in [2.24, 2.45) is 0 Å². The van der Waals surface area contributed by atoms with Crippen molar-refractivity contribution in [2.45, 2.75) is 31.7 Å². The number of nitro groups is 1. The lowest BCUT2D eigenvalue weighted by atomic mass is 10.3. The van der Waals surface area contributed by atoms with Crippen molar-refractivity contribution in [3.05, 3.63) is 34.4 Å². The van der Waals surface area contributed by atoms with Crippen molar-refractivity contribution in [3.8, 4) is 0 Å². The zero-order chi connectivity index (χ0) is 16.0. The lowest BCUT2D eigenvalue weighted by Crippen LogP contribution is -2.41. The fraction of sp³-hybridized carbons (Fsp3) is 0.538. The highest BCUT2D eigenvalue weighted by molar-refractivity contribution is 7.89. The van der Waals surface area contributed by atoms with E-state index in [-0.39, 0.29) is 16.6 Å². The minimum Gasteiger partial charge on any atom is -0.302 e.